The molecule has 0 aliphatic rings. The van der Waals surface area contributed by atoms with Crippen LogP contribution in [0.5, 0.6) is 5.75 Å². The van der Waals surface area contributed by atoms with Crippen LogP contribution in [0.3, 0.4) is 0 Å². The van der Waals surface area contributed by atoms with Crippen molar-refractivity contribution in [3.63, 3.8) is 0 Å². The average Bonchev–Trinajstić information content (AvgIpc) is 2.51. The van der Waals surface area contributed by atoms with Crippen molar-refractivity contribution in [2.75, 3.05) is 0 Å². The maximum atomic E-state index is 11.4. The van der Waals surface area contributed by atoms with Gasteiger partial charge in [0, 0.05) is 6.04 Å². The van der Waals surface area contributed by atoms with Gasteiger partial charge in [0.1, 0.15) is 18.4 Å². The van der Waals surface area contributed by atoms with Crippen molar-refractivity contribution in [3.8, 4) is 5.75 Å². The van der Waals surface area contributed by atoms with E-state index in [0.717, 1.165) is 5.56 Å². The minimum Gasteiger partial charge on any atom is -0.489 e. The summed E-state index contributed by atoms with van der Waals surface area (Å²) in [4.78, 5) is 11.4. The second kappa shape index (κ2) is 7.61. The molecule has 2 N–H and O–H groups in total. The molecule has 0 bridgehead atoms. The Morgan fingerprint density at radius 3 is 2.50 bits per heavy atom. The van der Waals surface area contributed by atoms with E-state index in [1.54, 1.807) is 12.1 Å². The summed E-state index contributed by atoms with van der Waals surface area (Å²) in [5.74, 6) is -0.230. The lowest BCUT2D eigenvalue weighted by Crippen LogP contribution is -2.33. The van der Waals surface area contributed by atoms with Crippen LogP contribution in [0.1, 0.15) is 31.0 Å². The zero-order valence-electron chi connectivity index (χ0n) is 12.8. The molecule has 0 fully saturated rings. The van der Waals surface area contributed by atoms with Gasteiger partial charge in [-0.15, -0.1) is 0 Å². The SMILES string of the molecule is CC(C)NC(C(=O)O)c1cccc(OCc2ccccc2)c1. The summed E-state index contributed by atoms with van der Waals surface area (Å²) in [6, 6.07) is 16.4. The summed E-state index contributed by atoms with van der Waals surface area (Å²) in [6.07, 6.45) is 0. The van der Waals surface area contributed by atoms with Crippen molar-refractivity contribution < 1.29 is 14.6 Å². The molecule has 0 saturated heterocycles. The first-order chi connectivity index (χ1) is 10.6. The minimum absolute atomic E-state index is 0.0787. The largest absolute Gasteiger partial charge is 0.489 e. The molecule has 0 spiro atoms. The highest BCUT2D eigenvalue weighted by atomic mass is 16.5. The van der Waals surface area contributed by atoms with Gasteiger partial charge in [0.05, 0.1) is 0 Å². The third kappa shape index (κ3) is 4.60. The normalized spacial score (nSPS) is 12.1. The lowest BCUT2D eigenvalue weighted by molar-refractivity contribution is -0.139. The van der Waals surface area contributed by atoms with Crippen molar-refractivity contribution >= 4 is 5.97 Å². The van der Waals surface area contributed by atoms with Crippen LogP contribution in [0.4, 0.5) is 0 Å². The molecule has 116 valence electrons. The van der Waals surface area contributed by atoms with Crippen molar-refractivity contribution in [2.45, 2.75) is 32.5 Å². The highest BCUT2D eigenvalue weighted by molar-refractivity contribution is 5.75. The van der Waals surface area contributed by atoms with Crippen LogP contribution in [-0.2, 0) is 11.4 Å². The molecule has 0 aromatic heterocycles. The molecular weight excluding hydrogens is 278 g/mol. The molecule has 0 heterocycles. The molecule has 22 heavy (non-hydrogen) atoms. The van der Waals surface area contributed by atoms with Gasteiger partial charge in [-0.1, -0.05) is 42.5 Å². The van der Waals surface area contributed by atoms with Crippen LogP contribution < -0.4 is 10.1 Å². The molecule has 2 rings (SSSR count). The number of carboxylic acid groups (broad SMARTS) is 1. The molecule has 0 saturated carbocycles. The van der Waals surface area contributed by atoms with Gasteiger partial charge >= 0.3 is 5.97 Å². The van der Waals surface area contributed by atoms with E-state index in [1.807, 2.05) is 56.3 Å². The molecule has 1 atom stereocenters. The van der Waals surface area contributed by atoms with Crippen LogP contribution >= 0.6 is 0 Å². The van der Waals surface area contributed by atoms with Gasteiger partial charge in [-0.3, -0.25) is 10.1 Å². The van der Waals surface area contributed by atoms with Crippen molar-refractivity contribution in [1.82, 2.24) is 5.32 Å². The summed E-state index contributed by atoms with van der Waals surface area (Å²) < 4.78 is 5.75. The van der Waals surface area contributed by atoms with Crippen molar-refractivity contribution in [1.29, 1.82) is 0 Å². The molecule has 0 aliphatic carbocycles. The predicted octanol–water partition coefficient (Wildman–Crippen LogP) is 3.39. The number of benzene rings is 2. The van der Waals surface area contributed by atoms with Gasteiger partial charge in [0.15, 0.2) is 0 Å². The summed E-state index contributed by atoms with van der Waals surface area (Å²) in [7, 11) is 0. The van der Waals surface area contributed by atoms with E-state index in [1.165, 1.54) is 0 Å². The highest BCUT2D eigenvalue weighted by Crippen LogP contribution is 2.21. The Bertz CT molecular complexity index is 611. The number of rotatable bonds is 7. The zero-order chi connectivity index (χ0) is 15.9. The lowest BCUT2D eigenvalue weighted by atomic mass is 10.1. The first kappa shape index (κ1) is 16.0. The van der Waals surface area contributed by atoms with Gasteiger partial charge in [0.25, 0.3) is 0 Å². The van der Waals surface area contributed by atoms with E-state index in [2.05, 4.69) is 5.32 Å². The number of hydrogen-bond donors (Lipinski definition) is 2. The van der Waals surface area contributed by atoms with E-state index < -0.39 is 12.0 Å². The number of carboxylic acids is 1. The Labute approximate surface area is 130 Å². The molecule has 0 amide bonds. The smallest absolute Gasteiger partial charge is 0.325 e. The first-order valence-corrected chi connectivity index (χ1v) is 7.32. The topological polar surface area (TPSA) is 58.6 Å². The van der Waals surface area contributed by atoms with E-state index in [0.29, 0.717) is 17.9 Å². The third-order valence-corrected chi connectivity index (χ3v) is 3.19. The number of nitrogens with one attached hydrogen (secondary N) is 1. The van der Waals surface area contributed by atoms with Gasteiger partial charge in [-0.25, -0.2) is 0 Å². The summed E-state index contributed by atoms with van der Waals surface area (Å²) in [6.45, 7) is 4.30. The molecular formula is C18H21NO3. The fourth-order valence-corrected chi connectivity index (χ4v) is 2.17. The highest BCUT2D eigenvalue weighted by Gasteiger charge is 2.20. The van der Waals surface area contributed by atoms with Gasteiger partial charge in [-0.2, -0.15) is 0 Å². The first-order valence-electron chi connectivity index (χ1n) is 7.32. The van der Waals surface area contributed by atoms with Crippen molar-refractivity contribution in [3.05, 3.63) is 65.7 Å². The van der Waals surface area contributed by atoms with E-state index in [-0.39, 0.29) is 6.04 Å². The Kier molecular flexibility index (Phi) is 5.55. The molecule has 1 unspecified atom stereocenters. The molecule has 2 aromatic rings. The second-order valence-electron chi connectivity index (χ2n) is 5.44. The Balaban J connectivity index is 2.09. The Morgan fingerprint density at radius 2 is 1.86 bits per heavy atom. The molecule has 2 aromatic carbocycles. The minimum atomic E-state index is -0.895. The summed E-state index contributed by atoms with van der Waals surface area (Å²) in [5, 5.41) is 12.4. The van der Waals surface area contributed by atoms with Gasteiger partial charge in [0.2, 0.25) is 0 Å². The molecule has 0 radical (unpaired) electrons. The summed E-state index contributed by atoms with van der Waals surface area (Å²) in [5.41, 5.74) is 1.76. The maximum absolute atomic E-state index is 11.4. The Morgan fingerprint density at radius 1 is 1.14 bits per heavy atom. The van der Waals surface area contributed by atoms with Gasteiger partial charge < -0.3 is 9.84 Å². The number of ether oxygens (including phenoxy) is 1. The number of hydrogen-bond acceptors (Lipinski definition) is 3. The third-order valence-electron chi connectivity index (χ3n) is 3.19. The standard InChI is InChI=1S/C18H21NO3/c1-13(2)19-17(18(20)21)15-9-6-10-16(11-15)22-12-14-7-4-3-5-8-14/h3-11,13,17,19H,12H2,1-2H3,(H,20,21). The Hall–Kier alpha value is -2.33. The lowest BCUT2D eigenvalue weighted by Gasteiger charge is -2.18. The van der Waals surface area contributed by atoms with Crippen LogP contribution in [-0.4, -0.2) is 17.1 Å². The second-order valence-corrected chi connectivity index (χ2v) is 5.44. The van der Waals surface area contributed by atoms with Crippen LogP contribution in [0.15, 0.2) is 54.6 Å². The zero-order valence-corrected chi connectivity index (χ0v) is 12.8. The molecule has 4 heteroatoms. The van der Waals surface area contributed by atoms with Crippen LogP contribution in [0.25, 0.3) is 0 Å². The van der Waals surface area contributed by atoms with E-state index >= 15 is 0 Å². The fraction of sp³-hybridized carbons (Fsp3) is 0.278. The number of carbonyl (C=O) groups is 1. The van der Waals surface area contributed by atoms with Crippen LogP contribution in [0.2, 0.25) is 0 Å². The monoisotopic (exact) mass is 299 g/mol. The maximum Gasteiger partial charge on any atom is 0.325 e. The van der Waals surface area contributed by atoms with Crippen LogP contribution in [0, 0.1) is 0 Å². The van der Waals surface area contributed by atoms with Crippen molar-refractivity contribution in [2.24, 2.45) is 0 Å². The molecule has 0 aliphatic heterocycles. The predicted molar refractivity (Wildman–Crippen MR) is 85.9 cm³/mol. The fourth-order valence-electron chi connectivity index (χ4n) is 2.17. The average molecular weight is 299 g/mol. The van der Waals surface area contributed by atoms with E-state index in [9.17, 15) is 9.90 Å². The number of aliphatic carboxylic acids is 1. The summed E-state index contributed by atoms with van der Waals surface area (Å²) >= 11 is 0. The van der Waals surface area contributed by atoms with Gasteiger partial charge in [-0.05, 0) is 37.1 Å². The molecule has 4 nitrogen and oxygen atoms in total. The quantitative estimate of drug-likeness (QED) is 0.823. The van der Waals surface area contributed by atoms with E-state index in [4.69, 9.17) is 4.74 Å².